The van der Waals surface area contributed by atoms with Crippen molar-refractivity contribution in [2.45, 2.75) is 33.7 Å². The highest BCUT2D eigenvalue weighted by Gasteiger charge is 2.30. The van der Waals surface area contributed by atoms with E-state index in [9.17, 15) is 5.11 Å². The molecular weight excluding hydrogens is 377 g/mol. The summed E-state index contributed by atoms with van der Waals surface area (Å²) in [5, 5.41) is 12.7. The molecule has 0 spiro atoms. The fraction of sp³-hybridized carbons (Fsp3) is 0.562. The Bertz CT molecular complexity index is 471. The van der Waals surface area contributed by atoms with Crippen LogP contribution < -0.4 is 5.32 Å². The zero-order valence-corrected chi connectivity index (χ0v) is 15.4. The van der Waals surface area contributed by atoms with E-state index in [1.165, 1.54) is 6.42 Å². The van der Waals surface area contributed by atoms with Crippen LogP contribution in [-0.4, -0.2) is 35.6 Å². The number of nitrogens with one attached hydrogen (secondary N) is 1. The number of halogens is 1. The molecule has 4 nitrogen and oxygen atoms in total. The maximum atomic E-state index is 9.29. The van der Waals surface area contributed by atoms with Gasteiger partial charge in [-0.15, -0.1) is 24.0 Å². The number of nitrogens with zero attached hydrogens (tertiary/aromatic N) is 2. The van der Waals surface area contributed by atoms with Gasteiger partial charge in [0.2, 0.25) is 0 Å². The van der Waals surface area contributed by atoms with Crippen molar-refractivity contribution in [1.82, 2.24) is 10.2 Å². The predicted octanol–water partition coefficient (Wildman–Crippen LogP) is 3.21. The summed E-state index contributed by atoms with van der Waals surface area (Å²) in [5.74, 6) is 1.29. The van der Waals surface area contributed by atoms with Gasteiger partial charge in [-0.25, -0.2) is 4.99 Å². The van der Waals surface area contributed by atoms with Gasteiger partial charge >= 0.3 is 0 Å². The molecule has 0 saturated carbocycles. The Balaban J connectivity index is 0.00000220. The molecule has 21 heavy (non-hydrogen) atoms. The third-order valence-electron chi connectivity index (χ3n) is 3.66. The van der Waals surface area contributed by atoms with Gasteiger partial charge in [-0.05, 0) is 36.5 Å². The number of aliphatic imine (C=N–C) groups is 1. The molecule has 2 N–H and O–H groups in total. The van der Waals surface area contributed by atoms with Crippen LogP contribution in [0.2, 0.25) is 0 Å². The van der Waals surface area contributed by atoms with E-state index in [0.717, 1.165) is 31.2 Å². The summed E-state index contributed by atoms with van der Waals surface area (Å²) >= 11 is 0. The second kappa shape index (κ2) is 7.87. The highest BCUT2D eigenvalue weighted by molar-refractivity contribution is 14.0. The van der Waals surface area contributed by atoms with E-state index >= 15 is 0 Å². The fourth-order valence-electron chi connectivity index (χ4n) is 2.49. The lowest BCUT2D eigenvalue weighted by Gasteiger charge is -2.23. The van der Waals surface area contributed by atoms with Crippen molar-refractivity contribution >= 4 is 29.9 Å². The molecule has 0 amide bonds. The van der Waals surface area contributed by atoms with Gasteiger partial charge in [-0.2, -0.15) is 0 Å². The van der Waals surface area contributed by atoms with E-state index in [-0.39, 0.29) is 24.0 Å². The molecule has 1 aliphatic heterocycles. The number of hydrogen-bond acceptors (Lipinski definition) is 2. The first-order chi connectivity index (χ1) is 9.50. The minimum atomic E-state index is 0. The Morgan fingerprint density at radius 3 is 2.52 bits per heavy atom. The molecular formula is C16H26IN3O. The lowest BCUT2D eigenvalue weighted by Crippen LogP contribution is -2.40. The quantitative estimate of drug-likeness (QED) is 0.463. The fourth-order valence-corrected chi connectivity index (χ4v) is 2.49. The average Bonchev–Trinajstić information content (AvgIpc) is 2.77. The summed E-state index contributed by atoms with van der Waals surface area (Å²) in [5.41, 5.74) is 1.48. The first-order valence-electron chi connectivity index (χ1n) is 7.31. The lowest BCUT2D eigenvalue weighted by atomic mass is 9.93. The maximum Gasteiger partial charge on any atom is 0.194 e. The Hall–Kier alpha value is -0.980. The van der Waals surface area contributed by atoms with E-state index in [1.807, 2.05) is 12.1 Å². The summed E-state index contributed by atoms with van der Waals surface area (Å²) in [7, 11) is 0. The van der Waals surface area contributed by atoms with Crippen LogP contribution in [0.15, 0.2) is 29.3 Å². The van der Waals surface area contributed by atoms with Crippen molar-refractivity contribution in [3.05, 3.63) is 29.8 Å². The molecule has 2 rings (SSSR count). The third kappa shape index (κ3) is 5.37. The Morgan fingerprint density at radius 2 is 2.00 bits per heavy atom. The number of phenols is 1. The van der Waals surface area contributed by atoms with Crippen LogP contribution >= 0.6 is 24.0 Å². The number of rotatable bonds is 3. The normalized spacial score (nSPS) is 17.5. The van der Waals surface area contributed by atoms with Gasteiger partial charge in [-0.1, -0.05) is 26.0 Å². The van der Waals surface area contributed by atoms with Gasteiger partial charge in [0.25, 0.3) is 0 Å². The SMILES string of the molecule is CCNC(=NCc1ccc(O)cc1)N1CCC(C)(C)C1.I. The Morgan fingerprint density at radius 1 is 1.33 bits per heavy atom. The zero-order valence-electron chi connectivity index (χ0n) is 13.1. The molecule has 0 atom stereocenters. The highest BCUT2D eigenvalue weighted by atomic mass is 127. The Labute approximate surface area is 144 Å². The predicted molar refractivity (Wildman–Crippen MR) is 98.3 cm³/mol. The van der Waals surface area contributed by atoms with Crippen LogP contribution in [0.1, 0.15) is 32.8 Å². The average molecular weight is 403 g/mol. The molecule has 0 aliphatic carbocycles. The molecule has 118 valence electrons. The first kappa shape index (κ1) is 18.1. The van der Waals surface area contributed by atoms with E-state index in [4.69, 9.17) is 4.99 Å². The lowest BCUT2D eigenvalue weighted by molar-refractivity contribution is 0.370. The van der Waals surface area contributed by atoms with Crippen LogP contribution in [0.5, 0.6) is 5.75 Å². The van der Waals surface area contributed by atoms with Gasteiger partial charge < -0.3 is 15.3 Å². The van der Waals surface area contributed by atoms with Crippen LogP contribution in [0.25, 0.3) is 0 Å². The molecule has 0 bridgehead atoms. The molecule has 1 saturated heterocycles. The van der Waals surface area contributed by atoms with Crippen molar-refractivity contribution in [3.63, 3.8) is 0 Å². The molecule has 5 heteroatoms. The third-order valence-corrected chi connectivity index (χ3v) is 3.66. The van der Waals surface area contributed by atoms with Crippen molar-refractivity contribution in [3.8, 4) is 5.75 Å². The van der Waals surface area contributed by atoms with Crippen molar-refractivity contribution in [1.29, 1.82) is 0 Å². The second-order valence-electron chi connectivity index (χ2n) is 6.17. The number of likely N-dealkylation sites (tertiary alicyclic amines) is 1. The molecule has 1 heterocycles. The van der Waals surface area contributed by atoms with E-state index in [1.54, 1.807) is 12.1 Å². The topological polar surface area (TPSA) is 47.9 Å². The van der Waals surface area contributed by atoms with E-state index < -0.39 is 0 Å². The summed E-state index contributed by atoms with van der Waals surface area (Å²) in [6.45, 7) is 10.3. The molecule has 0 aromatic heterocycles. The van der Waals surface area contributed by atoms with Gasteiger partial charge in [0.05, 0.1) is 6.54 Å². The first-order valence-corrected chi connectivity index (χ1v) is 7.31. The van der Waals surface area contributed by atoms with Crippen LogP contribution in [0.4, 0.5) is 0 Å². The van der Waals surface area contributed by atoms with Crippen molar-refractivity contribution in [2.24, 2.45) is 10.4 Å². The number of benzene rings is 1. The summed E-state index contributed by atoms with van der Waals surface area (Å²) in [6.07, 6.45) is 1.20. The number of phenolic OH excluding ortho intramolecular Hbond substituents is 1. The molecule has 1 aliphatic rings. The zero-order chi connectivity index (χ0) is 14.6. The standard InChI is InChI=1S/C16H25N3O.HI/c1-4-17-15(19-10-9-16(2,3)12-19)18-11-13-5-7-14(20)8-6-13;/h5-8,20H,4,9-12H2,1-3H3,(H,17,18);1H. The van der Waals surface area contributed by atoms with Crippen molar-refractivity contribution < 1.29 is 5.11 Å². The minimum absolute atomic E-state index is 0. The van der Waals surface area contributed by atoms with Gasteiger partial charge in [0.1, 0.15) is 5.75 Å². The maximum absolute atomic E-state index is 9.29. The molecule has 1 aromatic rings. The largest absolute Gasteiger partial charge is 0.508 e. The van der Waals surface area contributed by atoms with Crippen LogP contribution in [0.3, 0.4) is 0 Å². The smallest absolute Gasteiger partial charge is 0.194 e. The van der Waals surface area contributed by atoms with Crippen molar-refractivity contribution in [2.75, 3.05) is 19.6 Å². The summed E-state index contributed by atoms with van der Waals surface area (Å²) in [4.78, 5) is 7.05. The number of hydrogen-bond donors (Lipinski definition) is 2. The van der Waals surface area contributed by atoms with Gasteiger partial charge in [0.15, 0.2) is 5.96 Å². The molecule has 1 aromatic carbocycles. The number of aromatic hydroxyl groups is 1. The van der Waals surface area contributed by atoms with Crippen LogP contribution in [-0.2, 0) is 6.54 Å². The minimum Gasteiger partial charge on any atom is -0.508 e. The highest BCUT2D eigenvalue weighted by Crippen LogP contribution is 2.28. The Kier molecular flexibility index (Phi) is 6.77. The van der Waals surface area contributed by atoms with Crippen LogP contribution in [0, 0.1) is 5.41 Å². The summed E-state index contributed by atoms with van der Waals surface area (Å²) < 4.78 is 0. The molecule has 0 radical (unpaired) electrons. The second-order valence-corrected chi connectivity index (χ2v) is 6.17. The van der Waals surface area contributed by atoms with E-state index in [0.29, 0.717) is 17.7 Å². The summed E-state index contributed by atoms with van der Waals surface area (Å²) in [6, 6.07) is 7.24. The van der Waals surface area contributed by atoms with Gasteiger partial charge in [0, 0.05) is 19.6 Å². The molecule has 1 fully saturated rings. The van der Waals surface area contributed by atoms with E-state index in [2.05, 4.69) is 31.0 Å². The monoisotopic (exact) mass is 403 g/mol. The number of guanidine groups is 1. The van der Waals surface area contributed by atoms with Gasteiger partial charge in [-0.3, -0.25) is 0 Å². The molecule has 0 unspecified atom stereocenters.